The van der Waals surface area contributed by atoms with Gasteiger partial charge in [-0.3, -0.25) is 14.1 Å². The summed E-state index contributed by atoms with van der Waals surface area (Å²) in [4.78, 5) is 42.7. The summed E-state index contributed by atoms with van der Waals surface area (Å²) in [6.45, 7) is 3.47. The summed E-state index contributed by atoms with van der Waals surface area (Å²) in [5, 5.41) is 0. The summed E-state index contributed by atoms with van der Waals surface area (Å²) in [5.41, 5.74) is 0. The normalized spacial score (nSPS) is 13.4. The van der Waals surface area contributed by atoms with Crippen molar-refractivity contribution in [2.75, 3.05) is 13.2 Å². The molecular weight excluding hydrogens is 675 g/mol. The molecular formula is C43H71O8P. The summed E-state index contributed by atoms with van der Waals surface area (Å²) < 4.78 is 26.2. The Morgan fingerprint density at radius 1 is 0.519 bits per heavy atom. The van der Waals surface area contributed by atoms with Crippen molar-refractivity contribution in [2.45, 2.75) is 161 Å². The number of phosphoric ester groups is 1. The molecule has 0 aromatic carbocycles. The first-order chi connectivity index (χ1) is 25.3. The molecule has 0 aliphatic heterocycles. The van der Waals surface area contributed by atoms with E-state index in [9.17, 15) is 14.2 Å². The largest absolute Gasteiger partial charge is 0.469 e. The van der Waals surface area contributed by atoms with Gasteiger partial charge >= 0.3 is 19.8 Å². The van der Waals surface area contributed by atoms with E-state index in [-0.39, 0.29) is 19.4 Å². The molecule has 0 radical (unpaired) electrons. The van der Waals surface area contributed by atoms with Crippen molar-refractivity contribution in [3.63, 3.8) is 0 Å². The number of carbonyl (C=O) groups excluding carboxylic acids is 2. The highest BCUT2D eigenvalue weighted by molar-refractivity contribution is 7.46. The fourth-order valence-corrected chi connectivity index (χ4v) is 5.34. The topological polar surface area (TPSA) is 119 Å². The number of rotatable bonds is 35. The van der Waals surface area contributed by atoms with Crippen molar-refractivity contribution in [1.29, 1.82) is 0 Å². The second-order valence-corrected chi connectivity index (χ2v) is 14.1. The molecule has 0 spiro atoms. The molecule has 0 heterocycles. The first-order valence-electron chi connectivity index (χ1n) is 19.9. The van der Waals surface area contributed by atoms with Crippen LogP contribution in [0.4, 0.5) is 0 Å². The lowest BCUT2D eigenvalue weighted by molar-refractivity contribution is -0.161. The lowest BCUT2D eigenvalue weighted by Gasteiger charge is -2.18. The first-order valence-corrected chi connectivity index (χ1v) is 21.4. The van der Waals surface area contributed by atoms with Crippen molar-refractivity contribution < 1.29 is 37.9 Å². The molecule has 1 atom stereocenters. The molecule has 0 saturated heterocycles. The fraction of sp³-hybridized carbons (Fsp3) is 0.628. The van der Waals surface area contributed by atoms with E-state index in [1.165, 1.54) is 51.4 Å². The van der Waals surface area contributed by atoms with Crippen molar-refractivity contribution in [1.82, 2.24) is 0 Å². The number of phosphoric acid groups is 1. The average Bonchev–Trinajstić information content (AvgIpc) is 3.11. The predicted octanol–water partition coefficient (Wildman–Crippen LogP) is 12.1. The summed E-state index contributed by atoms with van der Waals surface area (Å²) in [5.74, 6) is -1.01. The highest BCUT2D eigenvalue weighted by Crippen LogP contribution is 2.36. The standard InChI is InChI=1S/C43H71O8P/c1-3-5-7-9-11-13-15-17-19-20-21-22-24-25-27-29-31-33-35-37-42(44)49-39-41(40-50-52(46,47)48)51-43(45)38-36-34-32-30-28-26-23-18-16-14-12-10-8-6-4-2/h5,7,11,13,17,19,21-22,25-28,31,33,41H,3-4,6,8-10,12,14-16,18,20,23-24,29-30,32,34-40H2,1-2H3,(H2,46,47,48)/b7-5+,13-11+,19-17+,22-21+,27-25+,28-26+,33-31+/t41-/m1/s1. The number of esters is 2. The highest BCUT2D eigenvalue weighted by Gasteiger charge is 2.22. The SMILES string of the molecule is CC/C=C/C/C=C/C/C=C/C/C=C/C/C=C/C/C=C/CCC(=O)OC[C@H](COP(=O)(O)O)OC(=O)CCCCC/C=C/CCCCCCCCCC. The maximum atomic E-state index is 12.4. The monoisotopic (exact) mass is 746 g/mol. The molecule has 296 valence electrons. The van der Waals surface area contributed by atoms with Crippen molar-refractivity contribution in [2.24, 2.45) is 0 Å². The zero-order valence-corrected chi connectivity index (χ0v) is 33.3. The third kappa shape index (κ3) is 40.0. The molecule has 0 aromatic rings. The zero-order chi connectivity index (χ0) is 38.2. The Morgan fingerprint density at radius 2 is 0.962 bits per heavy atom. The third-order valence-corrected chi connectivity index (χ3v) is 8.40. The van der Waals surface area contributed by atoms with Crippen LogP contribution in [0.3, 0.4) is 0 Å². The molecule has 9 heteroatoms. The molecule has 0 fully saturated rings. The van der Waals surface area contributed by atoms with E-state index >= 15 is 0 Å². The molecule has 0 amide bonds. The van der Waals surface area contributed by atoms with Crippen LogP contribution in [0.5, 0.6) is 0 Å². The number of hydrogen-bond acceptors (Lipinski definition) is 6. The molecule has 0 bridgehead atoms. The van der Waals surface area contributed by atoms with Crippen LogP contribution in [0, 0.1) is 0 Å². The van der Waals surface area contributed by atoms with E-state index < -0.39 is 32.5 Å². The Morgan fingerprint density at radius 3 is 1.46 bits per heavy atom. The maximum Gasteiger partial charge on any atom is 0.469 e. The van der Waals surface area contributed by atoms with Crippen LogP contribution in [0.2, 0.25) is 0 Å². The number of allylic oxidation sites excluding steroid dienone is 14. The lowest BCUT2D eigenvalue weighted by Crippen LogP contribution is -2.29. The molecule has 52 heavy (non-hydrogen) atoms. The number of hydrogen-bond donors (Lipinski definition) is 2. The third-order valence-electron chi connectivity index (χ3n) is 7.91. The van der Waals surface area contributed by atoms with E-state index in [0.717, 1.165) is 64.2 Å². The smallest absolute Gasteiger partial charge is 0.462 e. The Kier molecular flexibility index (Phi) is 35.9. The molecule has 8 nitrogen and oxygen atoms in total. The van der Waals surface area contributed by atoms with Gasteiger partial charge in [-0.05, 0) is 77.0 Å². The minimum atomic E-state index is -4.78. The summed E-state index contributed by atoms with van der Waals surface area (Å²) in [6, 6.07) is 0. The molecule has 2 N–H and O–H groups in total. The van der Waals surface area contributed by atoms with Crippen molar-refractivity contribution in [3.8, 4) is 0 Å². The second kappa shape index (κ2) is 38.0. The van der Waals surface area contributed by atoms with Gasteiger partial charge in [0.25, 0.3) is 0 Å². The minimum absolute atomic E-state index is 0.135. The van der Waals surface area contributed by atoms with Gasteiger partial charge in [-0.2, -0.15) is 0 Å². The molecule has 0 saturated carbocycles. The Bertz CT molecular complexity index is 1110. The van der Waals surface area contributed by atoms with Crippen LogP contribution < -0.4 is 0 Å². The van der Waals surface area contributed by atoms with E-state index in [2.05, 4.69) is 91.3 Å². The Hall–Kier alpha value is -2.77. The van der Waals surface area contributed by atoms with Gasteiger partial charge in [0.15, 0.2) is 6.10 Å². The molecule has 0 aliphatic carbocycles. The van der Waals surface area contributed by atoms with E-state index in [4.69, 9.17) is 19.3 Å². The zero-order valence-electron chi connectivity index (χ0n) is 32.4. The number of ether oxygens (including phenoxy) is 2. The van der Waals surface area contributed by atoms with Crippen LogP contribution >= 0.6 is 7.82 Å². The van der Waals surface area contributed by atoms with Gasteiger partial charge in [-0.1, -0.05) is 150 Å². The summed E-state index contributed by atoms with van der Waals surface area (Å²) in [7, 11) is -4.78. The lowest BCUT2D eigenvalue weighted by atomic mass is 10.1. The Labute approximate surface area is 316 Å². The number of unbranched alkanes of at least 4 members (excludes halogenated alkanes) is 11. The van der Waals surface area contributed by atoms with E-state index in [0.29, 0.717) is 12.8 Å². The Balaban J connectivity index is 4.12. The van der Waals surface area contributed by atoms with Crippen LogP contribution in [0.15, 0.2) is 85.1 Å². The van der Waals surface area contributed by atoms with Gasteiger partial charge in [0.1, 0.15) is 6.61 Å². The quantitative estimate of drug-likeness (QED) is 0.0285. The minimum Gasteiger partial charge on any atom is -0.462 e. The molecule has 0 rings (SSSR count). The fourth-order valence-electron chi connectivity index (χ4n) is 4.98. The van der Waals surface area contributed by atoms with Gasteiger partial charge < -0.3 is 19.3 Å². The van der Waals surface area contributed by atoms with Gasteiger partial charge in [0.05, 0.1) is 6.61 Å². The predicted molar refractivity (Wildman–Crippen MR) is 216 cm³/mol. The van der Waals surface area contributed by atoms with Crippen LogP contribution in [0.25, 0.3) is 0 Å². The average molecular weight is 747 g/mol. The van der Waals surface area contributed by atoms with Crippen LogP contribution in [-0.4, -0.2) is 41.0 Å². The van der Waals surface area contributed by atoms with Gasteiger partial charge in [-0.15, -0.1) is 0 Å². The van der Waals surface area contributed by atoms with E-state index in [1.807, 2.05) is 12.2 Å². The van der Waals surface area contributed by atoms with Crippen molar-refractivity contribution >= 4 is 19.8 Å². The molecule has 0 aliphatic rings. The van der Waals surface area contributed by atoms with Crippen molar-refractivity contribution in [3.05, 3.63) is 85.1 Å². The van der Waals surface area contributed by atoms with Crippen LogP contribution in [0.1, 0.15) is 155 Å². The summed E-state index contributed by atoms with van der Waals surface area (Å²) >= 11 is 0. The first kappa shape index (κ1) is 49.2. The second-order valence-electron chi connectivity index (χ2n) is 12.9. The maximum absolute atomic E-state index is 12.4. The summed E-state index contributed by atoms with van der Waals surface area (Å²) in [6.07, 6.45) is 50.3. The molecule has 0 aromatic heterocycles. The van der Waals surface area contributed by atoms with Gasteiger partial charge in [0.2, 0.25) is 0 Å². The van der Waals surface area contributed by atoms with Crippen LogP contribution in [-0.2, 0) is 28.2 Å². The van der Waals surface area contributed by atoms with Gasteiger partial charge in [0, 0.05) is 12.8 Å². The van der Waals surface area contributed by atoms with E-state index in [1.54, 1.807) is 0 Å². The molecule has 0 unspecified atom stereocenters. The number of carbonyl (C=O) groups is 2. The van der Waals surface area contributed by atoms with Gasteiger partial charge in [-0.25, -0.2) is 4.57 Å². The highest BCUT2D eigenvalue weighted by atomic mass is 31.2.